The van der Waals surface area contributed by atoms with E-state index < -0.39 is 8.32 Å². The molecule has 0 aliphatic rings. The van der Waals surface area contributed by atoms with Crippen LogP contribution in [0.15, 0.2) is 30.5 Å². The number of hydrogen-bond acceptors (Lipinski definition) is 6. The van der Waals surface area contributed by atoms with E-state index in [1.54, 1.807) is 24.6 Å². The van der Waals surface area contributed by atoms with Gasteiger partial charge in [-0.05, 0) is 67.4 Å². The lowest BCUT2D eigenvalue weighted by atomic mass is 10.1. The summed E-state index contributed by atoms with van der Waals surface area (Å²) in [6.07, 6.45) is 1.79. The Bertz CT molecular complexity index is 1310. The Morgan fingerprint density at radius 2 is 1.75 bits per heavy atom. The largest absolute Gasteiger partial charge is 0.543 e. The number of aryl methyl sites for hydroxylation is 2. The second-order valence-electron chi connectivity index (χ2n) is 9.94. The number of benzene rings is 2. The van der Waals surface area contributed by atoms with Crippen molar-refractivity contribution in [1.82, 2.24) is 15.0 Å². The summed E-state index contributed by atoms with van der Waals surface area (Å²) < 4.78 is 12.9. The number of fused-ring (bicyclic) bond motifs is 2. The fourth-order valence-electron chi connectivity index (χ4n) is 3.47. The maximum atomic E-state index is 6.58. The summed E-state index contributed by atoms with van der Waals surface area (Å²) in [5.41, 5.74) is 6.86. The molecule has 0 atom stereocenters. The normalized spacial score (nSPS) is 12.6. The van der Waals surface area contributed by atoms with Gasteiger partial charge in [-0.2, -0.15) is 0 Å². The maximum absolute atomic E-state index is 6.58. The minimum Gasteiger partial charge on any atom is -0.543 e. The number of methoxy groups -OCH3 is 1. The molecule has 0 aliphatic carbocycles. The predicted molar refractivity (Wildman–Crippen MR) is 136 cm³/mol. The molecule has 4 aromatic rings. The molecular weight excluding hydrogens is 434 g/mol. The van der Waals surface area contributed by atoms with Crippen molar-refractivity contribution in [2.45, 2.75) is 59.4 Å². The van der Waals surface area contributed by atoms with Crippen LogP contribution in [0, 0.1) is 13.8 Å². The van der Waals surface area contributed by atoms with Gasteiger partial charge in [-0.3, -0.25) is 4.98 Å². The van der Waals surface area contributed by atoms with E-state index in [-0.39, 0.29) is 5.04 Å². The molecule has 0 aliphatic heterocycles. The molecule has 0 N–H and O–H groups in total. The lowest BCUT2D eigenvalue weighted by Crippen LogP contribution is -2.43. The van der Waals surface area contributed by atoms with Crippen molar-refractivity contribution in [3.8, 4) is 16.3 Å². The highest BCUT2D eigenvalue weighted by molar-refractivity contribution is 7.21. The molecule has 7 heteroatoms. The summed E-state index contributed by atoms with van der Waals surface area (Å²) in [5, 5.41) is 1.10. The Kier molecular flexibility index (Phi) is 5.86. The van der Waals surface area contributed by atoms with Gasteiger partial charge in [0.2, 0.25) is 8.32 Å². The van der Waals surface area contributed by atoms with Gasteiger partial charge >= 0.3 is 0 Å². The predicted octanol–water partition coefficient (Wildman–Crippen LogP) is 7.05. The molecule has 0 bridgehead atoms. The summed E-state index contributed by atoms with van der Waals surface area (Å²) in [7, 11) is -0.247. The first-order chi connectivity index (χ1) is 15.0. The third-order valence-electron chi connectivity index (χ3n) is 6.20. The first kappa shape index (κ1) is 22.8. The summed E-state index contributed by atoms with van der Waals surface area (Å²) in [6, 6.07) is 8.48. The Labute approximate surface area is 195 Å². The number of nitrogens with zero attached hydrogens (tertiary/aromatic N) is 3. The molecule has 5 nitrogen and oxygen atoms in total. The molecule has 168 valence electrons. The molecule has 0 spiro atoms. The van der Waals surface area contributed by atoms with Gasteiger partial charge in [-0.15, -0.1) is 11.3 Å². The molecule has 0 saturated carbocycles. The average molecular weight is 466 g/mol. The van der Waals surface area contributed by atoms with Gasteiger partial charge < -0.3 is 9.16 Å². The van der Waals surface area contributed by atoms with Gasteiger partial charge in [0.25, 0.3) is 0 Å². The van der Waals surface area contributed by atoms with E-state index in [0.29, 0.717) is 6.61 Å². The van der Waals surface area contributed by atoms with Crippen molar-refractivity contribution in [2.75, 3.05) is 7.11 Å². The highest BCUT2D eigenvalue weighted by Crippen LogP contribution is 2.40. The van der Waals surface area contributed by atoms with E-state index >= 15 is 0 Å². The van der Waals surface area contributed by atoms with Crippen LogP contribution in [0.2, 0.25) is 18.1 Å². The molecular formula is C25H31N3O2SSi. The third kappa shape index (κ3) is 4.29. The van der Waals surface area contributed by atoms with Gasteiger partial charge in [0.05, 0.1) is 39.7 Å². The first-order valence-electron chi connectivity index (χ1n) is 10.8. The van der Waals surface area contributed by atoms with Crippen molar-refractivity contribution in [2.24, 2.45) is 0 Å². The lowest BCUT2D eigenvalue weighted by molar-refractivity contribution is 0.181. The second-order valence-corrected chi connectivity index (χ2v) is 15.7. The second kappa shape index (κ2) is 8.21. The SMILES string of the molecule is COCc1cnc2c(-c3nc4c(C)cc(O[Si](C)(C)C(C)(C)C)cc4s3)cc(C)cc2n1. The van der Waals surface area contributed by atoms with Crippen LogP contribution >= 0.6 is 11.3 Å². The number of hydrogen-bond donors (Lipinski definition) is 0. The molecule has 4 rings (SSSR count). The highest BCUT2D eigenvalue weighted by atomic mass is 32.1. The smallest absolute Gasteiger partial charge is 0.250 e. The van der Waals surface area contributed by atoms with Crippen LogP contribution in [-0.2, 0) is 11.3 Å². The van der Waals surface area contributed by atoms with Gasteiger partial charge in [0.1, 0.15) is 10.8 Å². The summed E-state index contributed by atoms with van der Waals surface area (Å²) in [5.74, 6) is 0.940. The Balaban J connectivity index is 1.81. The zero-order valence-corrected chi connectivity index (χ0v) is 22.0. The molecule has 0 amide bonds. The minimum absolute atomic E-state index is 0.148. The van der Waals surface area contributed by atoms with Crippen LogP contribution in [0.4, 0.5) is 0 Å². The van der Waals surface area contributed by atoms with Crippen LogP contribution < -0.4 is 4.43 Å². The van der Waals surface area contributed by atoms with Crippen molar-refractivity contribution >= 4 is 40.9 Å². The number of aromatic nitrogens is 3. The van der Waals surface area contributed by atoms with E-state index in [4.69, 9.17) is 24.1 Å². The van der Waals surface area contributed by atoms with E-state index in [1.165, 1.54) is 0 Å². The zero-order chi connectivity index (χ0) is 23.3. The summed E-state index contributed by atoms with van der Waals surface area (Å²) in [4.78, 5) is 14.4. The summed E-state index contributed by atoms with van der Waals surface area (Å²) in [6.45, 7) is 16.0. The van der Waals surface area contributed by atoms with Gasteiger partial charge in [-0.25, -0.2) is 9.97 Å². The average Bonchev–Trinajstić information content (AvgIpc) is 3.10. The van der Waals surface area contributed by atoms with Crippen LogP contribution in [0.25, 0.3) is 31.8 Å². The van der Waals surface area contributed by atoms with Crippen LogP contribution in [-0.4, -0.2) is 30.4 Å². The quantitative estimate of drug-likeness (QED) is 0.295. The van der Waals surface area contributed by atoms with Gasteiger partial charge in [-0.1, -0.05) is 20.8 Å². The van der Waals surface area contributed by atoms with Crippen molar-refractivity contribution < 1.29 is 9.16 Å². The van der Waals surface area contributed by atoms with E-state index in [9.17, 15) is 0 Å². The molecule has 0 saturated heterocycles. The molecule has 0 radical (unpaired) electrons. The lowest BCUT2D eigenvalue weighted by Gasteiger charge is -2.36. The molecule has 2 aromatic carbocycles. The van der Waals surface area contributed by atoms with E-state index in [1.807, 2.05) is 0 Å². The number of thiazole rings is 1. The van der Waals surface area contributed by atoms with Gasteiger partial charge in [0.15, 0.2) is 0 Å². The minimum atomic E-state index is -1.91. The van der Waals surface area contributed by atoms with Crippen LogP contribution in [0.1, 0.15) is 37.6 Å². The van der Waals surface area contributed by atoms with E-state index in [2.05, 4.69) is 72.0 Å². The Morgan fingerprint density at radius 3 is 2.44 bits per heavy atom. The molecule has 0 fully saturated rings. The van der Waals surface area contributed by atoms with Crippen molar-refractivity contribution in [3.05, 3.63) is 47.3 Å². The highest BCUT2D eigenvalue weighted by Gasteiger charge is 2.39. The number of ether oxygens (including phenoxy) is 1. The molecule has 2 aromatic heterocycles. The Morgan fingerprint density at radius 1 is 1.00 bits per heavy atom. The first-order valence-corrected chi connectivity index (χ1v) is 14.6. The maximum Gasteiger partial charge on any atom is 0.250 e. The zero-order valence-electron chi connectivity index (χ0n) is 20.2. The standard InChI is InChI=1S/C25H31N3O2SSi/c1-15-9-19(23-20(10-15)27-17(13-26-23)14-29-6)24-28-22-16(2)11-18(12-21(22)31-24)30-32(7,8)25(3,4)5/h9-13H,14H2,1-8H3. The fourth-order valence-corrected chi connectivity index (χ4v) is 5.57. The summed E-state index contributed by atoms with van der Waals surface area (Å²) >= 11 is 1.68. The van der Waals surface area contributed by atoms with Crippen LogP contribution in [0.3, 0.4) is 0 Å². The van der Waals surface area contributed by atoms with Crippen molar-refractivity contribution in [1.29, 1.82) is 0 Å². The van der Waals surface area contributed by atoms with Gasteiger partial charge in [0, 0.05) is 12.7 Å². The van der Waals surface area contributed by atoms with Crippen molar-refractivity contribution in [3.63, 3.8) is 0 Å². The topological polar surface area (TPSA) is 57.1 Å². The fraction of sp³-hybridized carbons (Fsp3) is 0.400. The monoisotopic (exact) mass is 465 g/mol. The molecule has 2 heterocycles. The number of rotatable bonds is 5. The van der Waals surface area contributed by atoms with Crippen LogP contribution in [0.5, 0.6) is 5.75 Å². The Hall–Kier alpha value is -2.35. The molecule has 32 heavy (non-hydrogen) atoms. The third-order valence-corrected chi connectivity index (χ3v) is 11.6. The van der Waals surface area contributed by atoms with E-state index in [0.717, 1.165) is 54.4 Å². The molecule has 0 unspecified atom stereocenters.